The van der Waals surface area contributed by atoms with Gasteiger partial charge in [0.25, 0.3) is 5.91 Å². The van der Waals surface area contributed by atoms with Crippen molar-refractivity contribution >= 4 is 5.91 Å². The van der Waals surface area contributed by atoms with Gasteiger partial charge in [0.15, 0.2) is 0 Å². The summed E-state index contributed by atoms with van der Waals surface area (Å²) in [5, 5.41) is 8.89. The van der Waals surface area contributed by atoms with E-state index in [9.17, 15) is 18.0 Å². The number of aliphatic hydroxyl groups excluding tert-OH is 1. The number of hydrogen-bond donors (Lipinski definition) is 2. The number of halogens is 3. The maximum atomic E-state index is 12.9. The van der Waals surface area contributed by atoms with E-state index < -0.39 is 11.9 Å². The Morgan fingerprint density at radius 1 is 1.31 bits per heavy atom. The summed E-state index contributed by atoms with van der Waals surface area (Å²) < 4.78 is 44.2. The predicted octanol–water partition coefficient (Wildman–Crippen LogP) is 2.42. The maximum Gasteiger partial charge on any atom is 0.433 e. The van der Waals surface area contributed by atoms with E-state index in [0.717, 1.165) is 6.07 Å². The molecular formula is C17H18F3N3O3. The Labute approximate surface area is 148 Å². The SMILES string of the molecule is CN(CCO)C(=O)c1cccc(Oc2cc(CN)cc(C(F)(F)F)n2)c1. The average molecular weight is 369 g/mol. The van der Waals surface area contributed by atoms with Crippen LogP contribution in [0.4, 0.5) is 13.2 Å². The van der Waals surface area contributed by atoms with Crippen LogP contribution in [0.15, 0.2) is 36.4 Å². The summed E-state index contributed by atoms with van der Waals surface area (Å²) in [5.74, 6) is -0.472. The quantitative estimate of drug-likeness (QED) is 0.816. The highest BCUT2D eigenvalue weighted by Gasteiger charge is 2.33. The van der Waals surface area contributed by atoms with Crippen LogP contribution < -0.4 is 10.5 Å². The van der Waals surface area contributed by atoms with Crippen LogP contribution in [0.2, 0.25) is 0 Å². The minimum absolute atomic E-state index is 0.105. The van der Waals surface area contributed by atoms with E-state index in [1.165, 1.54) is 42.3 Å². The van der Waals surface area contributed by atoms with Gasteiger partial charge >= 0.3 is 6.18 Å². The molecule has 140 valence electrons. The van der Waals surface area contributed by atoms with Crippen molar-refractivity contribution in [1.82, 2.24) is 9.88 Å². The van der Waals surface area contributed by atoms with Gasteiger partial charge in [0, 0.05) is 31.8 Å². The van der Waals surface area contributed by atoms with E-state index in [0.29, 0.717) is 0 Å². The number of hydrogen-bond acceptors (Lipinski definition) is 5. The van der Waals surface area contributed by atoms with Gasteiger partial charge in [-0.25, -0.2) is 4.98 Å². The van der Waals surface area contributed by atoms with Crippen LogP contribution in [-0.4, -0.2) is 41.1 Å². The number of pyridine rings is 1. The number of aromatic nitrogens is 1. The molecule has 0 radical (unpaired) electrons. The number of carbonyl (C=O) groups is 1. The fourth-order valence-corrected chi connectivity index (χ4v) is 2.16. The molecule has 9 heteroatoms. The lowest BCUT2D eigenvalue weighted by molar-refractivity contribution is -0.141. The standard InChI is InChI=1S/C17H18F3N3O3/c1-23(5-6-24)16(25)12-3-2-4-13(9-12)26-15-8-11(10-21)7-14(22-15)17(18,19)20/h2-4,7-9,24H,5-6,10,21H2,1H3. The van der Waals surface area contributed by atoms with Gasteiger partial charge in [0.2, 0.25) is 5.88 Å². The minimum atomic E-state index is -4.63. The second kappa shape index (κ2) is 8.15. The van der Waals surface area contributed by atoms with Gasteiger partial charge < -0.3 is 20.5 Å². The molecule has 1 aromatic heterocycles. The molecule has 0 aliphatic carbocycles. The molecule has 0 aliphatic heterocycles. The van der Waals surface area contributed by atoms with Gasteiger partial charge in [-0.1, -0.05) is 6.07 Å². The van der Waals surface area contributed by atoms with Gasteiger partial charge in [-0.15, -0.1) is 0 Å². The molecule has 6 nitrogen and oxygen atoms in total. The van der Waals surface area contributed by atoms with Crippen LogP contribution >= 0.6 is 0 Å². The first-order chi connectivity index (χ1) is 12.2. The number of likely N-dealkylation sites (N-methyl/N-ethyl adjacent to an activating group) is 1. The fourth-order valence-electron chi connectivity index (χ4n) is 2.16. The topological polar surface area (TPSA) is 88.7 Å². The molecule has 0 bridgehead atoms. The smallest absolute Gasteiger partial charge is 0.433 e. The van der Waals surface area contributed by atoms with Crippen molar-refractivity contribution in [2.24, 2.45) is 5.73 Å². The van der Waals surface area contributed by atoms with E-state index in [-0.39, 0.29) is 48.4 Å². The molecule has 2 aromatic rings. The van der Waals surface area contributed by atoms with Crippen LogP contribution in [0.5, 0.6) is 11.6 Å². The van der Waals surface area contributed by atoms with Gasteiger partial charge in [-0.05, 0) is 29.8 Å². The van der Waals surface area contributed by atoms with E-state index in [1.54, 1.807) is 0 Å². The van der Waals surface area contributed by atoms with Crippen molar-refractivity contribution < 1.29 is 27.8 Å². The molecule has 0 aliphatic rings. The molecular weight excluding hydrogens is 351 g/mol. The number of rotatable bonds is 6. The first-order valence-electron chi connectivity index (χ1n) is 7.67. The van der Waals surface area contributed by atoms with Crippen LogP contribution in [0, 0.1) is 0 Å². The summed E-state index contributed by atoms with van der Waals surface area (Å²) >= 11 is 0. The van der Waals surface area contributed by atoms with Crippen molar-refractivity contribution in [3.8, 4) is 11.6 Å². The monoisotopic (exact) mass is 369 g/mol. The van der Waals surface area contributed by atoms with Crippen LogP contribution in [0.1, 0.15) is 21.6 Å². The lowest BCUT2D eigenvalue weighted by Crippen LogP contribution is -2.29. The summed E-state index contributed by atoms with van der Waals surface area (Å²) in [5.41, 5.74) is 4.81. The number of carbonyl (C=O) groups excluding carboxylic acids is 1. The molecule has 1 aromatic carbocycles. The molecule has 0 spiro atoms. The van der Waals surface area contributed by atoms with Gasteiger partial charge in [0.05, 0.1) is 6.61 Å². The number of nitrogens with zero attached hydrogens (tertiary/aromatic N) is 2. The number of aliphatic hydroxyl groups is 1. The zero-order valence-corrected chi connectivity index (χ0v) is 14.0. The summed E-state index contributed by atoms with van der Waals surface area (Å²) in [7, 11) is 1.52. The Hall–Kier alpha value is -2.65. The van der Waals surface area contributed by atoms with Gasteiger partial charge in [0.1, 0.15) is 11.4 Å². The Kier molecular flexibility index (Phi) is 6.17. The molecule has 26 heavy (non-hydrogen) atoms. The van der Waals surface area contributed by atoms with E-state index in [1.807, 2.05) is 0 Å². The Balaban J connectivity index is 2.29. The van der Waals surface area contributed by atoms with Crippen LogP contribution in [0.25, 0.3) is 0 Å². The first kappa shape index (κ1) is 19.7. The summed E-state index contributed by atoms with van der Waals surface area (Å²) in [6, 6.07) is 8.12. The fraction of sp³-hybridized carbons (Fsp3) is 0.294. The predicted molar refractivity (Wildman–Crippen MR) is 87.7 cm³/mol. The van der Waals surface area contributed by atoms with E-state index in [4.69, 9.17) is 15.6 Å². The number of nitrogens with two attached hydrogens (primary N) is 1. The molecule has 0 saturated carbocycles. The van der Waals surface area contributed by atoms with Crippen LogP contribution in [-0.2, 0) is 12.7 Å². The van der Waals surface area contributed by atoms with Crippen LogP contribution in [0.3, 0.4) is 0 Å². The summed E-state index contributed by atoms with van der Waals surface area (Å²) in [6.45, 7) is -0.139. The molecule has 0 atom stereocenters. The lowest BCUT2D eigenvalue weighted by Gasteiger charge is -2.16. The van der Waals surface area contributed by atoms with Crippen molar-refractivity contribution in [3.63, 3.8) is 0 Å². The highest BCUT2D eigenvalue weighted by molar-refractivity contribution is 5.94. The normalized spacial score (nSPS) is 11.3. The maximum absolute atomic E-state index is 12.9. The summed E-state index contributed by atoms with van der Waals surface area (Å²) in [4.78, 5) is 17.0. The minimum Gasteiger partial charge on any atom is -0.439 e. The number of benzene rings is 1. The third-order valence-electron chi connectivity index (χ3n) is 3.47. The number of alkyl halides is 3. The molecule has 3 N–H and O–H groups in total. The van der Waals surface area contributed by atoms with Crippen molar-refractivity contribution in [3.05, 3.63) is 53.2 Å². The van der Waals surface area contributed by atoms with Gasteiger partial charge in [-0.3, -0.25) is 4.79 Å². The second-order valence-corrected chi connectivity index (χ2v) is 5.48. The highest BCUT2D eigenvalue weighted by Crippen LogP contribution is 2.31. The molecule has 2 rings (SSSR count). The molecule has 0 fully saturated rings. The van der Waals surface area contributed by atoms with Crippen molar-refractivity contribution in [2.45, 2.75) is 12.7 Å². The summed E-state index contributed by atoms with van der Waals surface area (Å²) in [6.07, 6.45) is -4.63. The average Bonchev–Trinajstić information content (AvgIpc) is 2.60. The molecule has 0 saturated heterocycles. The third-order valence-corrected chi connectivity index (χ3v) is 3.47. The third kappa shape index (κ3) is 4.93. The highest BCUT2D eigenvalue weighted by atomic mass is 19.4. The Morgan fingerprint density at radius 3 is 2.65 bits per heavy atom. The molecule has 1 amide bonds. The molecule has 1 heterocycles. The zero-order valence-electron chi connectivity index (χ0n) is 14.0. The molecule has 0 unspecified atom stereocenters. The van der Waals surface area contributed by atoms with E-state index >= 15 is 0 Å². The Morgan fingerprint density at radius 2 is 2.04 bits per heavy atom. The van der Waals surface area contributed by atoms with Crippen molar-refractivity contribution in [1.29, 1.82) is 0 Å². The first-order valence-corrected chi connectivity index (χ1v) is 7.67. The second-order valence-electron chi connectivity index (χ2n) is 5.48. The zero-order chi connectivity index (χ0) is 19.3. The lowest BCUT2D eigenvalue weighted by atomic mass is 10.2. The van der Waals surface area contributed by atoms with Gasteiger partial charge in [-0.2, -0.15) is 13.2 Å². The Bertz CT molecular complexity index is 781. The number of ether oxygens (including phenoxy) is 1. The largest absolute Gasteiger partial charge is 0.439 e. The van der Waals surface area contributed by atoms with E-state index in [2.05, 4.69) is 4.98 Å². The number of amides is 1. The van der Waals surface area contributed by atoms with Crippen molar-refractivity contribution in [2.75, 3.05) is 20.2 Å².